The van der Waals surface area contributed by atoms with Crippen molar-refractivity contribution in [2.24, 2.45) is 12.5 Å². The van der Waals surface area contributed by atoms with Gasteiger partial charge in [-0.1, -0.05) is 36.4 Å². The summed E-state index contributed by atoms with van der Waals surface area (Å²) >= 11 is 0. The van der Waals surface area contributed by atoms with Crippen LogP contribution in [0.2, 0.25) is 0 Å². The van der Waals surface area contributed by atoms with E-state index in [0.717, 1.165) is 16.7 Å². The molecule has 1 N–H and O–H groups in total. The summed E-state index contributed by atoms with van der Waals surface area (Å²) in [6, 6.07) is 21.0. The number of aryl methyl sites for hydroxylation is 2. The molecule has 4 aromatic rings. The molecule has 0 radical (unpaired) electrons. The minimum absolute atomic E-state index is 0.0194. The van der Waals surface area contributed by atoms with Crippen LogP contribution in [0.5, 0.6) is 17.2 Å². The van der Waals surface area contributed by atoms with Crippen molar-refractivity contribution in [1.29, 1.82) is 0 Å². The zero-order valence-electron chi connectivity index (χ0n) is 22.0. The molecule has 1 fully saturated rings. The molecule has 2 amide bonds. The molecule has 40 heavy (non-hydrogen) atoms. The van der Waals surface area contributed by atoms with Crippen molar-refractivity contribution in [3.05, 3.63) is 83.4 Å². The van der Waals surface area contributed by atoms with Gasteiger partial charge in [0.05, 0.1) is 13.7 Å². The van der Waals surface area contributed by atoms with Gasteiger partial charge in [0.25, 0.3) is 5.91 Å². The molecule has 4 bridgehead atoms. The van der Waals surface area contributed by atoms with Gasteiger partial charge in [-0.15, -0.1) is 10.2 Å². The SMILES string of the molecule is Cn1nnc(-c2ccc(C(=O)N3C[C@@H]4c5cccc6c5OC[C@]4(CNC(=O)CCc4cccc(c4)O6)C3)cc2)n1. The third kappa shape index (κ3) is 4.25. The number of nitrogens with one attached hydrogen (secondary N) is 1. The molecule has 1 aromatic heterocycles. The molecule has 0 aliphatic carbocycles. The molecule has 3 aromatic carbocycles. The van der Waals surface area contributed by atoms with Crippen LogP contribution in [-0.4, -0.2) is 63.2 Å². The number of carbonyl (C=O) groups excluding carboxylic acids is 2. The maximum atomic E-state index is 13.7. The number of rotatable bonds is 2. The van der Waals surface area contributed by atoms with Crippen LogP contribution in [0.25, 0.3) is 11.4 Å². The highest BCUT2D eigenvalue weighted by Gasteiger charge is 2.53. The molecule has 1 saturated heterocycles. The summed E-state index contributed by atoms with van der Waals surface area (Å²) in [5, 5.41) is 15.3. The van der Waals surface area contributed by atoms with Gasteiger partial charge < -0.3 is 19.7 Å². The normalized spacial score (nSPS) is 21.6. The lowest BCUT2D eigenvalue weighted by Crippen LogP contribution is -2.48. The molecule has 202 valence electrons. The lowest BCUT2D eigenvalue weighted by Gasteiger charge is -2.39. The zero-order valence-corrected chi connectivity index (χ0v) is 22.0. The van der Waals surface area contributed by atoms with E-state index in [1.54, 1.807) is 19.2 Å². The summed E-state index contributed by atoms with van der Waals surface area (Å²) in [4.78, 5) is 29.9. The number of tetrazole rings is 1. The van der Waals surface area contributed by atoms with Crippen LogP contribution in [0.1, 0.15) is 33.8 Å². The van der Waals surface area contributed by atoms with Crippen molar-refractivity contribution >= 4 is 11.8 Å². The number of aromatic nitrogens is 4. The van der Waals surface area contributed by atoms with Gasteiger partial charge in [0.1, 0.15) is 5.75 Å². The van der Waals surface area contributed by atoms with Crippen molar-refractivity contribution in [3.8, 4) is 28.6 Å². The highest BCUT2D eigenvalue weighted by Crippen LogP contribution is 2.52. The number of benzene rings is 3. The third-order valence-corrected chi connectivity index (χ3v) is 8.13. The number of ether oxygens (including phenoxy) is 2. The lowest BCUT2D eigenvalue weighted by molar-refractivity contribution is -0.121. The first-order valence-electron chi connectivity index (χ1n) is 13.4. The van der Waals surface area contributed by atoms with E-state index in [1.807, 2.05) is 59.5 Å². The smallest absolute Gasteiger partial charge is 0.253 e. The van der Waals surface area contributed by atoms with Gasteiger partial charge in [-0.3, -0.25) is 9.59 Å². The second kappa shape index (κ2) is 9.48. The Morgan fingerprint density at radius 2 is 1.93 bits per heavy atom. The van der Waals surface area contributed by atoms with E-state index in [4.69, 9.17) is 9.47 Å². The Hall–Kier alpha value is -4.73. The molecular weight excluding hydrogens is 508 g/mol. The molecule has 3 aliphatic heterocycles. The molecule has 3 aliphatic rings. The monoisotopic (exact) mass is 536 g/mol. The quantitative estimate of drug-likeness (QED) is 0.418. The molecular formula is C30H28N6O4. The Morgan fingerprint density at radius 1 is 1.07 bits per heavy atom. The molecule has 2 atom stereocenters. The van der Waals surface area contributed by atoms with Crippen molar-refractivity contribution < 1.29 is 19.1 Å². The number of carbonyl (C=O) groups is 2. The Bertz CT molecular complexity index is 1620. The number of para-hydroxylation sites is 1. The van der Waals surface area contributed by atoms with Gasteiger partial charge in [0.15, 0.2) is 11.5 Å². The maximum absolute atomic E-state index is 13.7. The van der Waals surface area contributed by atoms with Gasteiger partial charge in [-0.05, 0) is 47.5 Å². The highest BCUT2D eigenvalue weighted by atomic mass is 16.5. The predicted octanol–water partition coefficient (Wildman–Crippen LogP) is 3.35. The van der Waals surface area contributed by atoms with Gasteiger partial charge in [0, 0.05) is 54.1 Å². The summed E-state index contributed by atoms with van der Waals surface area (Å²) in [6.45, 7) is 1.76. The van der Waals surface area contributed by atoms with Crippen LogP contribution in [0.15, 0.2) is 66.7 Å². The number of amides is 2. The molecule has 0 unspecified atom stereocenters. The maximum Gasteiger partial charge on any atom is 0.253 e. The van der Waals surface area contributed by atoms with E-state index in [1.165, 1.54) is 4.80 Å². The third-order valence-electron chi connectivity index (χ3n) is 8.13. The fourth-order valence-corrected chi connectivity index (χ4v) is 6.04. The minimum Gasteiger partial charge on any atom is -0.489 e. The van der Waals surface area contributed by atoms with Crippen molar-refractivity contribution in [1.82, 2.24) is 30.4 Å². The first-order chi connectivity index (χ1) is 19.5. The van der Waals surface area contributed by atoms with Gasteiger partial charge in [-0.2, -0.15) is 4.80 Å². The van der Waals surface area contributed by atoms with Crippen LogP contribution < -0.4 is 14.8 Å². The fraction of sp³-hybridized carbons (Fsp3) is 0.300. The second-order valence-electron chi connectivity index (χ2n) is 10.8. The Labute approximate surface area is 230 Å². The summed E-state index contributed by atoms with van der Waals surface area (Å²) in [7, 11) is 1.71. The predicted molar refractivity (Wildman–Crippen MR) is 145 cm³/mol. The molecule has 1 spiro atoms. The van der Waals surface area contributed by atoms with E-state index in [0.29, 0.717) is 67.7 Å². The highest BCUT2D eigenvalue weighted by molar-refractivity contribution is 5.95. The first-order valence-corrected chi connectivity index (χ1v) is 13.4. The number of likely N-dealkylation sites (tertiary alicyclic amines) is 1. The fourth-order valence-electron chi connectivity index (χ4n) is 6.04. The van der Waals surface area contributed by atoms with Crippen LogP contribution in [0.4, 0.5) is 0 Å². The standard InChI is InChI=1S/C30H28N6O4/c1-35-33-28(32-34-35)20-9-11-21(12-10-20)29(38)36-15-24-23-6-3-7-25-27(23)39-18-30(24,17-36)16-31-26(37)13-8-19-4-2-5-22(14-19)40-25/h2-7,9-12,14,24H,8,13,15-18H2,1H3,(H,31,37)/t24-,30+/m1/s1. The number of hydrogen-bond acceptors (Lipinski definition) is 7. The zero-order chi connectivity index (χ0) is 27.3. The number of fused-ring (bicyclic) bond motifs is 4. The van der Waals surface area contributed by atoms with Crippen LogP contribution >= 0.6 is 0 Å². The van der Waals surface area contributed by atoms with Crippen LogP contribution in [0, 0.1) is 5.41 Å². The Morgan fingerprint density at radius 3 is 2.75 bits per heavy atom. The average Bonchev–Trinajstić information content (AvgIpc) is 3.59. The van der Waals surface area contributed by atoms with Crippen molar-refractivity contribution in [2.75, 3.05) is 26.2 Å². The second-order valence-corrected chi connectivity index (χ2v) is 10.8. The Kier molecular flexibility index (Phi) is 5.76. The van der Waals surface area contributed by atoms with Crippen molar-refractivity contribution in [3.63, 3.8) is 0 Å². The topological polar surface area (TPSA) is 111 Å². The van der Waals surface area contributed by atoms with Gasteiger partial charge >= 0.3 is 0 Å². The van der Waals surface area contributed by atoms with E-state index < -0.39 is 5.41 Å². The number of nitrogens with zero attached hydrogens (tertiary/aromatic N) is 5. The molecule has 4 heterocycles. The molecule has 10 nitrogen and oxygen atoms in total. The lowest BCUT2D eigenvalue weighted by atomic mass is 9.73. The summed E-state index contributed by atoms with van der Waals surface area (Å²) < 4.78 is 12.7. The summed E-state index contributed by atoms with van der Waals surface area (Å²) in [5.74, 6) is 2.45. The molecule has 0 saturated carbocycles. The first kappa shape index (κ1) is 24.3. The van der Waals surface area contributed by atoms with Crippen molar-refractivity contribution in [2.45, 2.75) is 18.8 Å². The van der Waals surface area contributed by atoms with E-state index >= 15 is 0 Å². The summed E-state index contributed by atoms with van der Waals surface area (Å²) in [6.07, 6.45) is 0.991. The van der Waals surface area contributed by atoms with E-state index in [9.17, 15) is 9.59 Å². The van der Waals surface area contributed by atoms with Crippen LogP contribution in [0.3, 0.4) is 0 Å². The largest absolute Gasteiger partial charge is 0.489 e. The minimum atomic E-state index is -0.459. The molecule has 10 heteroatoms. The number of hydrogen-bond donors (Lipinski definition) is 1. The van der Waals surface area contributed by atoms with Gasteiger partial charge in [-0.25, -0.2) is 0 Å². The van der Waals surface area contributed by atoms with Gasteiger partial charge in [0.2, 0.25) is 11.7 Å². The van der Waals surface area contributed by atoms with E-state index in [-0.39, 0.29) is 17.7 Å². The van der Waals surface area contributed by atoms with Crippen LogP contribution in [-0.2, 0) is 18.3 Å². The summed E-state index contributed by atoms with van der Waals surface area (Å²) in [5.41, 5.74) is 2.93. The van der Waals surface area contributed by atoms with E-state index in [2.05, 4.69) is 20.7 Å². The molecule has 7 rings (SSSR count). The average molecular weight is 537 g/mol. The Balaban J connectivity index is 1.21.